The Hall–Kier alpha value is -1.06. The SMILES string of the molecule is CC(C)CCC(C)NC(=O)[C@@H]1C[C@@H]1C(=O)O. The number of aliphatic carboxylic acids is 1. The molecule has 0 spiro atoms. The van der Waals surface area contributed by atoms with Crippen LogP contribution >= 0.6 is 0 Å². The van der Waals surface area contributed by atoms with Crippen LogP contribution in [-0.2, 0) is 9.59 Å². The van der Waals surface area contributed by atoms with Gasteiger partial charge in [-0.2, -0.15) is 0 Å². The van der Waals surface area contributed by atoms with Gasteiger partial charge in [-0.1, -0.05) is 13.8 Å². The number of amides is 1. The summed E-state index contributed by atoms with van der Waals surface area (Å²) in [5, 5.41) is 11.6. The van der Waals surface area contributed by atoms with Crippen LogP contribution in [0.1, 0.15) is 40.0 Å². The second-order valence-corrected chi connectivity index (χ2v) is 5.17. The predicted molar refractivity (Wildman–Crippen MR) is 60.9 cm³/mol. The number of nitrogens with one attached hydrogen (secondary N) is 1. The van der Waals surface area contributed by atoms with E-state index in [1.165, 1.54) is 0 Å². The molecule has 0 bridgehead atoms. The first-order valence-electron chi connectivity index (χ1n) is 5.95. The fourth-order valence-corrected chi connectivity index (χ4v) is 1.76. The van der Waals surface area contributed by atoms with E-state index in [0.29, 0.717) is 12.3 Å². The van der Waals surface area contributed by atoms with Crippen LogP contribution in [0.3, 0.4) is 0 Å². The summed E-state index contributed by atoms with van der Waals surface area (Å²) in [6.07, 6.45) is 2.53. The van der Waals surface area contributed by atoms with Gasteiger partial charge in [-0.15, -0.1) is 0 Å². The molecule has 4 heteroatoms. The highest BCUT2D eigenvalue weighted by molar-refractivity contribution is 5.89. The quantitative estimate of drug-likeness (QED) is 0.725. The van der Waals surface area contributed by atoms with Crippen LogP contribution in [0.25, 0.3) is 0 Å². The first-order valence-corrected chi connectivity index (χ1v) is 5.95. The molecule has 0 aromatic rings. The van der Waals surface area contributed by atoms with Crippen molar-refractivity contribution in [2.45, 2.75) is 46.1 Å². The smallest absolute Gasteiger partial charge is 0.307 e. The molecule has 1 saturated carbocycles. The normalized spacial score (nSPS) is 25.2. The Bertz CT molecular complexity index is 275. The summed E-state index contributed by atoms with van der Waals surface area (Å²) in [4.78, 5) is 22.2. The van der Waals surface area contributed by atoms with Crippen molar-refractivity contribution >= 4 is 11.9 Å². The van der Waals surface area contributed by atoms with Crippen molar-refractivity contribution in [1.29, 1.82) is 0 Å². The topological polar surface area (TPSA) is 66.4 Å². The second-order valence-electron chi connectivity index (χ2n) is 5.17. The molecule has 1 unspecified atom stereocenters. The minimum atomic E-state index is -0.852. The standard InChI is InChI=1S/C12H21NO3/c1-7(2)4-5-8(3)13-11(14)9-6-10(9)12(15)16/h7-10H,4-6H2,1-3H3,(H,13,14)(H,15,16)/t8?,9-,10+/m1/s1. The number of carbonyl (C=O) groups excluding carboxylic acids is 1. The lowest BCUT2D eigenvalue weighted by Gasteiger charge is -2.14. The number of hydrogen-bond acceptors (Lipinski definition) is 2. The third-order valence-corrected chi connectivity index (χ3v) is 3.01. The number of rotatable bonds is 6. The third-order valence-electron chi connectivity index (χ3n) is 3.01. The van der Waals surface area contributed by atoms with Crippen LogP contribution < -0.4 is 5.32 Å². The van der Waals surface area contributed by atoms with Gasteiger partial charge in [-0.25, -0.2) is 0 Å². The highest BCUT2D eigenvalue weighted by Gasteiger charge is 2.48. The largest absolute Gasteiger partial charge is 0.481 e. The van der Waals surface area contributed by atoms with Crippen molar-refractivity contribution in [3.63, 3.8) is 0 Å². The monoisotopic (exact) mass is 227 g/mol. The maximum Gasteiger partial charge on any atom is 0.307 e. The molecule has 2 N–H and O–H groups in total. The van der Waals surface area contributed by atoms with Crippen LogP contribution in [0.15, 0.2) is 0 Å². The first kappa shape index (κ1) is 13.0. The van der Waals surface area contributed by atoms with Gasteiger partial charge in [0.1, 0.15) is 0 Å². The van der Waals surface area contributed by atoms with E-state index in [2.05, 4.69) is 19.2 Å². The summed E-state index contributed by atoms with van der Waals surface area (Å²) in [7, 11) is 0. The van der Waals surface area contributed by atoms with Gasteiger partial charge in [-0.05, 0) is 32.1 Å². The third kappa shape index (κ3) is 3.83. The molecule has 0 aliphatic heterocycles. The van der Waals surface area contributed by atoms with Crippen molar-refractivity contribution in [3.8, 4) is 0 Å². The van der Waals surface area contributed by atoms with Crippen molar-refractivity contribution in [1.82, 2.24) is 5.32 Å². The van der Waals surface area contributed by atoms with Gasteiger partial charge in [-0.3, -0.25) is 9.59 Å². The lowest BCUT2D eigenvalue weighted by molar-refractivity contribution is -0.140. The number of carbonyl (C=O) groups is 2. The number of carboxylic acid groups (broad SMARTS) is 1. The van der Waals surface area contributed by atoms with Gasteiger partial charge in [0.25, 0.3) is 0 Å². The molecule has 0 aromatic heterocycles. The highest BCUT2D eigenvalue weighted by atomic mass is 16.4. The molecule has 3 atom stereocenters. The molecule has 1 aliphatic rings. The van der Waals surface area contributed by atoms with Gasteiger partial charge in [0.2, 0.25) is 5.91 Å². The van der Waals surface area contributed by atoms with E-state index in [4.69, 9.17) is 5.11 Å². The Morgan fingerprint density at radius 2 is 1.88 bits per heavy atom. The first-order chi connectivity index (χ1) is 7.41. The molecular formula is C12H21NO3. The van der Waals surface area contributed by atoms with E-state index < -0.39 is 11.9 Å². The van der Waals surface area contributed by atoms with Gasteiger partial charge >= 0.3 is 5.97 Å². The van der Waals surface area contributed by atoms with E-state index >= 15 is 0 Å². The zero-order chi connectivity index (χ0) is 12.3. The number of hydrogen-bond donors (Lipinski definition) is 2. The van der Waals surface area contributed by atoms with Crippen LogP contribution in [0.2, 0.25) is 0 Å². The van der Waals surface area contributed by atoms with Crippen molar-refractivity contribution in [2.24, 2.45) is 17.8 Å². The van der Waals surface area contributed by atoms with Crippen molar-refractivity contribution in [2.75, 3.05) is 0 Å². The second kappa shape index (κ2) is 5.32. The molecule has 1 aliphatic carbocycles. The fourth-order valence-electron chi connectivity index (χ4n) is 1.76. The predicted octanol–water partition coefficient (Wildman–Crippen LogP) is 1.65. The van der Waals surface area contributed by atoms with Crippen molar-refractivity contribution in [3.05, 3.63) is 0 Å². The minimum Gasteiger partial charge on any atom is -0.481 e. The maximum absolute atomic E-state index is 11.6. The lowest BCUT2D eigenvalue weighted by Crippen LogP contribution is -2.34. The fraction of sp³-hybridized carbons (Fsp3) is 0.833. The molecule has 1 fully saturated rings. The van der Waals surface area contributed by atoms with E-state index in [1.54, 1.807) is 0 Å². The summed E-state index contributed by atoms with van der Waals surface area (Å²) >= 11 is 0. The highest BCUT2D eigenvalue weighted by Crippen LogP contribution is 2.38. The van der Waals surface area contributed by atoms with Crippen molar-refractivity contribution < 1.29 is 14.7 Å². The molecule has 16 heavy (non-hydrogen) atoms. The van der Waals surface area contributed by atoms with Gasteiger partial charge in [0.05, 0.1) is 11.8 Å². The summed E-state index contributed by atoms with van der Waals surface area (Å²) in [6, 6.07) is 0.143. The van der Waals surface area contributed by atoms with Gasteiger partial charge in [0, 0.05) is 6.04 Å². The molecule has 1 rings (SSSR count). The summed E-state index contributed by atoms with van der Waals surface area (Å²) in [5.41, 5.74) is 0. The van der Waals surface area contributed by atoms with E-state index in [9.17, 15) is 9.59 Å². The zero-order valence-corrected chi connectivity index (χ0v) is 10.2. The van der Waals surface area contributed by atoms with E-state index in [-0.39, 0.29) is 17.9 Å². The molecule has 0 saturated heterocycles. The average Bonchev–Trinajstić information content (AvgIpc) is 2.93. The Morgan fingerprint density at radius 3 is 2.31 bits per heavy atom. The van der Waals surface area contributed by atoms with Crippen LogP contribution in [0, 0.1) is 17.8 Å². The van der Waals surface area contributed by atoms with Crippen LogP contribution in [-0.4, -0.2) is 23.0 Å². The Balaban J connectivity index is 2.22. The molecule has 1 amide bonds. The molecule has 0 heterocycles. The van der Waals surface area contributed by atoms with Crippen LogP contribution in [0.4, 0.5) is 0 Å². The van der Waals surface area contributed by atoms with Gasteiger partial charge in [0.15, 0.2) is 0 Å². The minimum absolute atomic E-state index is 0.0938. The molecule has 0 aromatic carbocycles. The molecule has 92 valence electrons. The van der Waals surface area contributed by atoms with Gasteiger partial charge < -0.3 is 10.4 Å². The lowest BCUT2D eigenvalue weighted by atomic mass is 10.0. The van der Waals surface area contributed by atoms with E-state index in [1.807, 2.05) is 6.92 Å². The van der Waals surface area contributed by atoms with E-state index in [0.717, 1.165) is 12.8 Å². The van der Waals surface area contributed by atoms with Crippen LogP contribution in [0.5, 0.6) is 0 Å². The number of carboxylic acids is 1. The average molecular weight is 227 g/mol. The molecule has 0 radical (unpaired) electrons. The summed E-state index contributed by atoms with van der Waals surface area (Å²) < 4.78 is 0. The zero-order valence-electron chi connectivity index (χ0n) is 10.2. The maximum atomic E-state index is 11.6. The molecule has 4 nitrogen and oxygen atoms in total. The Kier molecular flexibility index (Phi) is 4.33. The Labute approximate surface area is 96.4 Å². The summed E-state index contributed by atoms with van der Waals surface area (Å²) in [6.45, 7) is 6.27. The molecular weight excluding hydrogens is 206 g/mol. The Morgan fingerprint density at radius 1 is 1.25 bits per heavy atom. The summed E-state index contributed by atoms with van der Waals surface area (Å²) in [5.74, 6) is -1.05.